The number of methoxy groups -OCH3 is 1. The SMILES string of the molecule is COCOC12CC3CC(C1)C(C)(C)C(C3)C2. The molecule has 0 aromatic heterocycles. The smallest absolute Gasteiger partial charge is 0.147 e. The highest BCUT2D eigenvalue weighted by atomic mass is 16.7. The van der Waals surface area contributed by atoms with Crippen molar-refractivity contribution in [1.82, 2.24) is 0 Å². The Morgan fingerprint density at radius 2 is 1.69 bits per heavy atom. The third-order valence-electron chi connectivity index (χ3n) is 5.72. The largest absolute Gasteiger partial charge is 0.359 e. The predicted molar refractivity (Wildman–Crippen MR) is 63.0 cm³/mol. The Labute approximate surface area is 98.7 Å². The molecule has 4 bridgehead atoms. The molecule has 2 heteroatoms. The van der Waals surface area contributed by atoms with E-state index in [1.807, 2.05) is 0 Å². The molecule has 2 unspecified atom stereocenters. The molecule has 4 fully saturated rings. The lowest BCUT2D eigenvalue weighted by atomic mass is 9.45. The second-order valence-corrected chi connectivity index (χ2v) is 6.90. The van der Waals surface area contributed by atoms with Gasteiger partial charge in [0.05, 0.1) is 5.60 Å². The van der Waals surface area contributed by atoms with Crippen molar-refractivity contribution in [2.24, 2.45) is 23.2 Å². The monoisotopic (exact) mass is 224 g/mol. The normalized spacial score (nSPS) is 48.6. The summed E-state index contributed by atoms with van der Waals surface area (Å²) in [5, 5.41) is 0. The molecule has 0 aromatic rings. The van der Waals surface area contributed by atoms with Gasteiger partial charge in [0.25, 0.3) is 0 Å². The Morgan fingerprint density at radius 3 is 2.25 bits per heavy atom. The van der Waals surface area contributed by atoms with Gasteiger partial charge in [-0.15, -0.1) is 0 Å². The van der Waals surface area contributed by atoms with E-state index in [4.69, 9.17) is 9.47 Å². The zero-order chi connectivity index (χ0) is 11.4. The van der Waals surface area contributed by atoms with Crippen molar-refractivity contribution < 1.29 is 9.47 Å². The highest BCUT2D eigenvalue weighted by Crippen LogP contribution is 2.64. The van der Waals surface area contributed by atoms with Crippen LogP contribution in [0.2, 0.25) is 0 Å². The van der Waals surface area contributed by atoms with E-state index in [1.54, 1.807) is 7.11 Å². The zero-order valence-electron chi connectivity index (χ0n) is 10.8. The molecule has 0 spiro atoms. The lowest BCUT2D eigenvalue weighted by Crippen LogP contribution is -2.59. The molecule has 4 aliphatic carbocycles. The average Bonchev–Trinajstić information content (AvgIpc) is 2.23. The molecule has 4 rings (SSSR count). The quantitative estimate of drug-likeness (QED) is 0.685. The minimum Gasteiger partial charge on any atom is -0.359 e. The maximum atomic E-state index is 6.06. The summed E-state index contributed by atoms with van der Waals surface area (Å²) < 4.78 is 11.2. The van der Waals surface area contributed by atoms with Crippen molar-refractivity contribution >= 4 is 0 Å². The average molecular weight is 224 g/mol. The van der Waals surface area contributed by atoms with E-state index in [-0.39, 0.29) is 5.60 Å². The number of hydrogen-bond acceptors (Lipinski definition) is 2. The van der Waals surface area contributed by atoms with E-state index >= 15 is 0 Å². The van der Waals surface area contributed by atoms with Crippen molar-refractivity contribution in [3.63, 3.8) is 0 Å². The van der Waals surface area contributed by atoms with Crippen molar-refractivity contribution in [1.29, 1.82) is 0 Å². The van der Waals surface area contributed by atoms with Crippen LogP contribution in [0.5, 0.6) is 0 Å². The first-order valence-corrected chi connectivity index (χ1v) is 6.69. The minimum absolute atomic E-state index is 0.183. The van der Waals surface area contributed by atoms with Crippen LogP contribution >= 0.6 is 0 Å². The molecular weight excluding hydrogens is 200 g/mol. The van der Waals surface area contributed by atoms with E-state index < -0.39 is 0 Å². The number of ether oxygens (including phenoxy) is 2. The van der Waals surface area contributed by atoms with Crippen LogP contribution in [0, 0.1) is 23.2 Å². The van der Waals surface area contributed by atoms with Gasteiger partial charge in [0.2, 0.25) is 0 Å². The van der Waals surface area contributed by atoms with E-state index in [9.17, 15) is 0 Å². The molecule has 0 aliphatic heterocycles. The number of hydrogen-bond donors (Lipinski definition) is 0. The summed E-state index contributed by atoms with van der Waals surface area (Å²) in [6.45, 7) is 5.43. The van der Waals surface area contributed by atoms with Gasteiger partial charge >= 0.3 is 0 Å². The summed E-state index contributed by atoms with van der Waals surface area (Å²) in [6, 6.07) is 0. The second-order valence-electron chi connectivity index (χ2n) is 6.90. The van der Waals surface area contributed by atoms with Crippen molar-refractivity contribution in [2.45, 2.75) is 51.6 Å². The summed E-state index contributed by atoms with van der Waals surface area (Å²) in [7, 11) is 1.73. The number of rotatable bonds is 3. The third kappa shape index (κ3) is 1.46. The van der Waals surface area contributed by atoms with Gasteiger partial charge in [0.15, 0.2) is 0 Å². The van der Waals surface area contributed by atoms with Crippen LogP contribution in [-0.4, -0.2) is 19.5 Å². The highest BCUT2D eigenvalue weighted by molar-refractivity contribution is 5.09. The summed E-state index contributed by atoms with van der Waals surface area (Å²) >= 11 is 0. The molecule has 16 heavy (non-hydrogen) atoms. The van der Waals surface area contributed by atoms with Crippen LogP contribution in [0.3, 0.4) is 0 Å². The first kappa shape index (κ1) is 11.0. The molecule has 0 aromatic carbocycles. The third-order valence-corrected chi connectivity index (χ3v) is 5.72. The maximum absolute atomic E-state index is 6.06. The van der Waals surface area contributed by atoms with E-state index in [0.29, 0.717) is 12.2 Å². The molecule has 0 radical (unpaired) electrons. The molecule has 4 aliphatic rings. The van der Waals surface area contributed by atoms with Gasteiger partial charge in [-0.25, -0.2) is 0 Å². The summed E-state index contributed by atoms with van der Waals surface area (Å²) in [5.74, 6) is 2.70. The Hall–Kier alpha value is -0.0800. The predicted octanol–water partition coefficient (Wildman–Crippen LogP) is 3.21. The van der Waals surface area contributed by atoms with Gasteiger partial charge in [-0.3, -0.25) is 0 Å². The summed E-state index contributed by atoms with van der Waals surface area (Å²) in [5.41, 5.74) is 0.735. The Morgan fingerprint density at radius 1 is 1.06 bits per heavy atom. The first-order valence-electron chi connectivity index (χ1n) is 6.69. The molecule has 2 atom stereocenters. The Bertz CT molecular complexity index is 266. The van der Waals surface area contributed by atoms with Crippen molar-refractivity contribution in [3.05, 3.63) is 0 Å². The van der Waals surface area contributed by atoms with Crippen molar-refractivity contribution in [2.75, 3.05) is 13.9 Å². The molecule has 4 saturated carbocycles. The van der Waals surface area contributed by atoms with Gasteiger partial charge in [-0.1, -0.05) is 13.8 Å². The molecule has 0 heterocycles. The highest BCUT2D eigenvalue weighted by Gasteiger charge is 2.59. The fraction of sp³-hybridized carbons (Fsp3) is 1.00. The van der Waals surface area contributed by atoms with Gasteiger partial charge in [0.1, 0.15) is 6.79 Å². The summed E-state index contributed by atoms with van der Waals surface area (Å²) in [6.07, 6.45) is 6.73. The van der Waals surface area contributed by atoms with E-state index in [0.717, 1.165) is 17.8 Å². The van der Waals surface area contributed by atoms with Crippen LogP contribution in [0.15, 0.2) is 0 Å². The van der Waals surface area contributed by atoms with Gasteiger partial charge in [-0.05, 0) is 55.3 Å². The molecule has 0 saturated heterocycles. The first-order chi connectivity index (χ1) is 7.56. The fourth-order valence-electron chi connectivity index (χ4n) is 4.74. The Kier molecular flexibility index (Phi) is 2.38. The molecule has 0 amide bonds. The zero-order valence-corrected chi connectivity index (χ0v) is 10.8. The second kappa shape index (κ2) is 3.46. The van der Waals surface area contributed by atoms with Crippen LogP contribution in [0.25, 0.3) is 0 Å². The molecule has 92 valence electrons. The standard InChI is InChI=1S/C14H24O2/c1-13(2)11-4-10-5-12(13)8-14(6-10,7-11)16-9-15-3/h10-12H,4-9H2,1-3H3. The van der Waals surface area contributed by atoms with E-state index in [1.165, 1.54) is 32.1 Å². The van der Waals surface area contributed by atoms with Crippen LogP contribution < -0.4 is 0 Å². The Balaban J connectivity index is 1.81. The summed E-state index contributed by atoms with van der Waals surface area (Å²) in [4.78, 5) is 0. The van der Waals surface area contributed by atoms with Gasteiger partial charge < -0.3 is 9.47 Å². The lowest BCUT2D eigenvalue weighted by molar-refractivity contribution is -0.233. The van der Waals surface area contributed by atoms with Gasteiger partial charge in [-0.2, -0.15) is 0 Å². The van der Waals surface area contributed by atoms with E-state index in [2.05, 4.69) is 13.8 Å². The maximum Gasteiger partial charge on any atom is 0.147 e. The topological polar surface area (TPSA) is 18.5 Å². The fourth-order valence-corrected chi connectivity index (χ4v) is 4.74. The van der Waals surface area contributed by atoms with Crippen molar-refractivity contribution in [3.8, 4) is 0 Å². The van der Waals surface area contributed by atoms with Crippen LogP contribution in [-0.2, 0) is 9.47 Å². The molecular formula is C14H24O2. The lowest BCUT2D eigenvalue weighted by Gasteiger charge is -2.63. The van der Waals surface area contributed by atoms with Gasteiger partial charge in [0, 0.05) is 7.11 Å². The minimum atomic E-state index is 0.183. The van der Waals surface area contributed by atoms with Crippen LogP contribution in [0.1, 0.15) is 46.0 Å². The van der Waals surface area contributed by atoms with Crippen LogP contribution in [0.4, 0.5) is 0 Å². The molecule has 0 N–H and O–H groups in total. The molecule has 2 nitrogen and oxygen atoms in total.